The number of hydrogen-bond donors (Lipinski definition) is 1. The number of rotatable bonds is 4. The second-order valence-electron chi connectivity index (χ2n) is 5.57. The number of carbonyl (C=O) groups is 1. The number of carbonyl (C=O) groups excluding carboxylic acids is 1. The number of pyridine rings is 2. The van der Waals surface area contributed by atoms with E-state index >= 15 is 0 Å². The van der Waals surface area contributed by atoms with Crippen LogP contribution in [0, 0.1) is 0 Å². The Hall–Kier alpha value is -3.22. The lowest BCUT2D eigenvalue weighted by molar-refractivity contribution is 0.218. The van der Waals surface area contributed by atoms with Crippen LogP contribution >= 0.6 is 0 Å². The highest BCUT2D eigenvalue weighted by molar-refractivity contribution is 5.93. The van der Waals surface area contributed by atoms with Crippen LogP contribution in [-0.4, -0.2) is 44.2 Å². The summed E-state index contributed by atoms with van der Waals surface area (Å²) in [7, 11) is 0. The second-order valence-corrected chi connectivity index (χ2v) is 5.57. The highest BCUT2D eigenvalue weighted by Crippen LogP contribution is 2.23. The van der Waals surface area contributed by atoms with Crippen LogP contribution in [0.25, 0.3) is 11.1 Å². The molecule has 1 aliphatic rings. The monoisotopic (exact) mass is 320 g/mol. The average molecular weight is 320 g/mol. The third-order valence-corrected chi connectivity index (χ3v) is 4.03. The largest absolute Gasteiger partial charge is 0.326 e. The van der Waals surface area contributed by atoms with Crippen molar-refractivity contribution in [1.29, 1.82) is 0 Å². The van der Waals surface area contributed by atoms with E-state index in [4.69, 9.17) is 0 Å². The molecule has 7 heteroatoms. The molecule has 1 fully saturated rings. The summed E-state index contributed by atoms with van der Waals surface area (Å²) in [6.07, 6.45) is 7.05. The molecule has 1 saturated heterocycles. The lowest BCUT2D eigenvalue weighted by Crippen LogP contribution is -2.32. The lowest BCUT2D eigenvalue weighted by atomic mass is 10.2. The van der Waals surface area contributed by atoms with E-state index < -0.39 is 0 Å². The highest BCUT2D eigenvalue weighted by atomic mass is 16.2. The molecular formula is C17H16N6O. The van der Waals surface area contributed by atoms with Crippen LogP contribution in [0.4, 0.5) is 10.6 Å². The first-order valence-electron chi connectivity index (χ1n) is 7.73. The van der Waals surface area contributed by atoms with Crippen molar-refractivity contribution in [2.75, 3.05) is 18.0 Å². The summed E-state index contributed by atoms with van der Waals surface area (Å²) in [4.78, 5) is 24.8. The molecule has 0 spiro atoms. The Balaban J connectivity index is 1.48. The van der Waals surface area contributed by atoms with Gasteiger partial charge in [0.1, 0.15) is 5.82 Å². The third kappa shape index (κ3) is 2.71. The van der Waals surface area contributed by atoms with Gasteiger partial charge in [-0.3, -0.25) is 15.0 Å². The molecule has 3 aromatic heterocycles. The number of urea groups is 1. The van der Waals surface area contributed by atoms with E-state index in [1.54, 1.807) is 28.4 Å². The van der Waals surface area contributed by atoms with E-state index in [2.05, 4.69) is 20.2 Å². The summed E-state index contributed by atoms with van der Waals surface area (Å²) < 4.78 is 0. The number of hydrogen-bond acceptors (Lipinski definition) is 4. The van der Waals surface area contributed by atoms with Gasteiger partial charge in [0.05, 0.1) is 18.4 Å². The number of aromatic nitrogens is 4. The maximum absolute atomic E-state index is 12.6. The van der Waals surface area contributed by atoms with Crippen LogP contribution in [0.5, 0.6) is 0 Å². The Morgan fingerprint density at radius 1 is 1.04 bits per heavy atom. The van der Waals surface area contributed by atoms with Crippen molar-refractivity contribution in [2.24, 2.45) is 0 Å². The predicted octanol–water partition coefficient (Wildman–Crippen LogP) is 2.31. The van der Waals surface area contributed by atoms with Gasteiger partial charge in [0, 0.05) is 42.8 Å². The molecule has 0 aliphatic carbocycles. The van der Waals surface area contributed by atoms with E-state index in [1.165, 1.54) is 0 Å². The van der Waals surface area contributed by atoms with Gasteiger partial charge in [0.2, 0.25) is 0 Å². The fraction of sp³-hybridized carbons (Fsp3) is 0.176. The molecule has 1 N–H and O–H groups in total. The van der Waals surface area contributed by atoms with Gasteiger partial charge < -0.3 is 4.90 Å². The Morgan fingerprint density at radius 3 is 2.71 bits per heavy atom. The van der Waals surface area contributed by atoms with E-state index in [0.29, 0.717) is 25.5 Å². The molecule has 3 aromatic rings. The Bertz CT molecular complexity index is 816. The molecule has 24 heavy (non-hydrogen) atoms. The number of nitrogens with one attached hydrogen (secondary N) is 1. The van der Waals surface area contributed by atoms with Gasteiger partial charge in [0.25, 0.3) is 0 Å². The predicted molar refractivity (Wildman–Crippen MR) is 89.2 cm³/mol. The molecule has 4 heterocycles. The fourth-order valence-electron chi connectivity index (χ4n) is 2.75. The van der Waals surface area contributed by atoms with Crippen molar-refractivity contribution < 1.29 is 4.79 Å². The first-order chi connectivity index (χ1) is 11.8. The van der Waals surface area contributed by atoms with Crippen molar-refractivity contribution in [1.82, 2.24) is 25.1 Å². The fourth-order valence-corrected chi connectivity index (χ4v) is 2.75. The number of H-pyrrole nitrogens is 1. The summed E-state index contributed by atoms with van der Waals surface area (Å²) in [5.74, 6) is 0.663. The van der Waals surface area contributed by atoms with E-state index in [1.807, 2.05) is 36.5 Å². The van der Waals surface area contributed by atoms with Crippen LogP contribution < -0.4 is 4.90 Å². The maximum Gasteiger partial charge on any atom is 0.326 e. The molecule has 0 radical (unpaired) electrons. The molecule has 1 aliphatic heterocycles. The van der Waals surface area contributed by atoms with Crippen molar-refractivity contribution in [2.45, 2.75) is 6.54 Å². The second kappa shape index (κ2) is 6.11. The summed E-state index contributed by atoms with van der Waals surface area (Å²) in [6.45, 7) is 1.81. The molecule has 4 rings (SSSR count). The van der Waals surface area contributed by atoms with Crippen LogP contribution in [0.2, 0.25) is 0 Å². The number of aromatic amines is 1. The summed E-state index contributed by atoms with van der Waals surface area (Å²) >= 11 is 0. The van der Waals surface area contributed by atoms with Gasteiger partial charge in [-0.25, -0.2) is 9.78 Å². The van der Waals surface area contributed by atoms with Gasteiger partial charge in [-0.05, 0) is 24.3 Å². The Kier molecular flexibility index (Phi) is 3.66. The van der Waals surface area contributed by atoms with E-state index in [9.17, 15) is 4.79 Å². The molecule has 0 atom stereocenters. The van der Waals surface area contributed by atoms with Crippen molar-refractivity contribution in [3.05, 3.63) is 60.8 Å². The van der Waals surface area contributed by atoms with E-state index in [-0.39, 0.29) is 6.03 Å². The third-order valence-electron chi connectivity index (χ3n) is 4.03. The first kappa shape index (κ1) is 14.4. The van der Waals surface area contributed by atoms with Gasteiger partial charge in [-0.2, -0.15) is 5.10 Å². The molecule has 0 bridgehead atoms. The first-order valence-corrected chi connectivity index (χ1v) is 7.73. The number of nitrogens with zero attached hydrogens (tertiary/aromatic N) is 5. The summed E-state index contributed by atoms with van der Waals surface area (Å²) in [6, 6.07) is 9.49. The average Bonchev–Trinajstić information content (AvgIpc) is 3.27. The van der Waals surface area contributed by atoms with Crippen LogP contribution in [-0.2, 0) is 6.54 Å². The minimum atomic E-state index is -0.0378. The van der Waals surface area contributed by atoms with Crippen LogP contribution in [0.1, 0.15) is 5.69 Å². The molecule has 2 amide bonds. The zero-order valence-electron chi connectivity index (χ0n) is 13.0. The van der Waals surface area contributed by atoms with Gasteiger partial charge in [0.15, 0.2) is 0 Å². The SMILES string of the molecule is O=C1N(Cc2ccccn2)CCN1c1ccc(-c2cn[nH]c2)cn1. The summed E-state index contributed by atoms with van der Waals surface area (Å²) in [5.41, 5.74) is 2.82. The quantitative estimate of drug-likeness (QED) is 0.800. The van der Waals surface area contributed by atoms with Crippen LogP contribution in [0.3, 0.4) is 0 Å². The smallest absolute Gasteiger partial charge is 0.317 e. The standard InChI is InChI=1S/C17H16N6O/c24-17-22(12-15-3-1-2-6-18-15)7-8-23(17)16-5-4-13(9-19-16)14-10-20-21-11-14/h1-6,9-11H,7-8,12H2,(H,20,21). The van der Waals surface area contributed by atoms with Crippen molar-refractivity contribution in [3.8, 4) is 11.1 Å². The van der Waals surface area contributed by atoms with Gasteiger partial charge >= 0.3 is 6.03 Å². The zero-order valence-corrected chi connectivity index (χ0v) is 13.0. The minimum Gasteiger partial charge on any atom is -0.317 e. The minimum absolute atomic E-state index is 0.0378. The topological polar surface area (TPSA) is 78.0 Å². The van der Waals surface area contributed by atoms with Crippen molar-refractivity contribution in [3.63, 3.8) is 0 Å². The Labute approximate surface area is 139 Å². The molecule has 0 unspecified atom stereocenters. The zero-order chi connectivity index (χ0) is 16.4. The van der Waals surface area contributed by atoms with Gasteiger partial charge in [-0.15, -0.1) is 0 Å². The molecule has 120 valence electrons. The number of amides is 2. The number of anilines is 1. The van der Waals surface area contributed by atoms with E-state index in [0.717, 1.165) is 16.8 Å². The molecule has 0 saturated carbocycles. The molecule has 0 aromatic carbocycles. The van der Waals surface area contributed by atoms with Gasteiger partial charge in [-0.1, -0.05) is 6.07 Å². The normalized spacial score (nSPS) is 14.4. The molecular weight excluding hydrogens is 304 g/mol. The molecule has 7 nitrogen and oxygen atoms in total. The highest BCUT2D eigenvalue weighted by Gasteiger charge is 2.30. The lowest BCUT2D eigenvalue weighted by Gasteiger charge is -2.17. The maximum atomic E-state index is 12.6. The van der Waals surface area contributed by atoms with Crippen LogP contribution in [0.15, 0.2) is 55.1 Å². The summed E-state index contributed by atoms with van der Waals surface area (Å²) in [5, 5.41) is 6.71. The Morgan fingerprint density at radius 2 is 2.00 bits per heavy atom. The van der Waals surface area contributed by atoms with Crippen molar-refractivity contribution >= 4 is 11.8 Å².